The van der Waals surface area contributed by atoms with Crippen molar-refractivity contribution in [1.29, 1.82) is 0 Å². The van der Waals surface area contributed by atoms with E-state index in [-0.39, 0.29) is 23.3 Å². The minimum atomic E-state index is -0.987. The molecule has 1 N–H and O–H groups in total. The highest BCUT2D eigenvalue weighted by Gasteiger charge is 2.26. The molecule has 0 spiro atoms. The van der Waals surface area contributed by atoms with E-state index in [9.17, 15) is 18.0 Å². The van der Waals surface area contributed by atoms with Gasteiger partial charge < -0.3 is 5.32 Å². The third-order valence-electron chi connectivity index (χ3n) is 4.38. The highest BCUT2D eigenvalue weighted by atomic mass is 19.2. The van der Waals surface area contributed by atoms with Gasteiger partial charge in [0, 0.05) is 24.8 Å². The number of likely N-dealkylation sites (tertiary alicyclic amines) is 1. The van der Waals surface area contributed by atoms with E-state index >= 15 is 0 Å². The van der Waals surface area contributed by atoms with Crippen molar-refractivity contribution in [1.82, 2.24) is 4.90 Å². The van der Waals surface area contributed by atoms with E-state index in [4.69, 9.17) is 0 Å². The second kappa shape index (κ2) is 7.70. The van der Waals surface area contributed by atoms with Crippen molar-refractivity contribution in [2.24, 2.45) is 5.92 Å². The van der Waals surface area contributed by atoms with Crippen LogP contribution in [0.3, 0.4) is 0 Å². The Morgan fingerprint density at radius 1 is 1.08 bits per heavy atom. The number of nitrogens with zero attached hydrogens (tertiary/aromatic N) is 1. The molecule has 1 heterocycles. The van der Waals surface area contributed by atoms with Gasteiger partial charge in [0.2, 0.25) is 5.91 Å². The van der Waals surface area contributed by atoms with Crippen LogP contribution in [0.4, 0.5) is 18.9 Å². The zero-order chi connectivity index (χ0) is 17.8. The average molecular weight is 348 g/mol. The van der Waals surface area contributed by atoms with E-state index in [0.29, 0.717) is 13.1 Å². The lowest BCUT2D eigenvalue weighted by atomic mass is 9.96. The summed E-state index contributed by atoms with van der Waals surface area (Å²) in [5.74, 6) is -2.62. The summed E-state index contributed by atoms with van der Waals surface area (Å²) in [5, 5.41) is 2.65. The Balaban J connectivity index is 1.59. The van der Waals surface area contributed by atoms with Crippen molar-refractivity contribution < 1.29 is 18.0 Å². The fourth-order valence-electron chi connectivity index (χ4n) is 3.08. The zero-order valence-electron chi connectivity index (χ0n) is 13.6. The summed E-state index contributed by atoms with van der Waals surface area (Å²) in [6.45, 7) is 2.09. The van der Waals surface area contributed by atoms with E-state index in [2.05, 4.69) is 10.2 Å². The van der Waals surface area contributed by atoms with Crippen LogP contribution in [-0.4, -0.2) is 23.9 Å². The second-order valence-electron chi connectivity index (χ2n) is 6.32. The first-order chi connectivity index (χ1) is 12.0. The Bertz CT molecular complexity index is 749. The number of hydrogen-bond acceptors (Lipinski definition) is 2. The van der Waals surface area contributed by atoms with Crippen LogP contribution in [-0.2, 0) is 11.3 Å². The van der Waals surface area contributed by atoms with E-state index < -0.39 is 11.6 Å². The number of carbonyl (C=O) groups is 1. The van der Waals surface area contributed by atoms with Gasteiger partial charge in [-0.05, 0) is 49.2 Å². The zero-order valence-corrected chi connectivity index (χ0v) is 13.6. The summed E-state index contributed by atoms with van der Waals surface area (Å²) in [5.41, 5.74) is 1.24. The Labute approximate surface area is 144 Å². The lowest BCUT2D eigenvalue weighted by Gasteiger charge is -2.32. The second-order valence-corrected chi connectivity index (χ2v) is 6.32. The molecule has 3 nitrogen and oxygen atoms in total. The Kier molecular flexibility index (Phi) is 5.38. The van der Waals surface area contributed by atoms with Gasteiger partial charge >= 0.3 is 0 Å². The minimum Gasteiger partial charge on any atom is -0.326 e. The molecule has 0 aromatic heterocycles. The van der Waals surface area contributed by atoms with Crippen LogP contribution in [0.5, 0.6) is 0 Å². The lowest BCUT2D eigenvalue weighted by molar-refractivity contribution is -0.121. The number of piperidine rings is 1. The molecule has 132 valence electrons. The van der Waals surface area contributed by atoms with E-state index in [0.717, 1.165) is 37.1 Å². The van der Waals surface area contributed by atoms with Crippen LogP contribution in [0.15, 0.2) is 42.5 Å². The largest absolute Gasteiger partial charge is 0.326 e. The molecule has 0 saturated carbocycles. The number of carbonyl (C=O) groups excluding carboxylic acids is 1. The summed E-state index contributed by atoms with van der Waals surface area (Å²) >= 11 is 0. The van der Waals surface area contributed by atoms with Gasteiger partial charge in [0.1, 0.15) is 5.82 Å². The molecule has 1 atom stereocenters. The molecule has 2 aromatic carbocycles. The van der Waals surface area contributed by atoms with Crippen LogP contribution in [0.25, 0.3) is 0 Å². The minimum absolute atomic E-state index is 0.199. The molecule has 1 aliphatic rings. The molecule has 1 amide bonds. The fourth-order valence-corrected chi connectivity index (χ4v) is 3.08. The van der Waals surface area contributed by atoms with Crippen molar-refractivity contribution >= 4 is 11.6 Å². The quantitative estimate of drug-likeness (QED) is 0.907. The molecular weight excluding hydrogens is 329 g/mol. The standard InChI is InChI=1S/C19H19F3N2O/c20-15-5-3-13(4-6-15)11-24-9-1-2-14(12-24)19(25)23-16-7-8-17(21)18(22)10-16/h3-8,10,14H,1-2,9,11-12H2,(H,23,25). The van der Waals surface area contributed by atoms with Gasteiger partial charge in [-0.3, -0.25) is 9.69 Å². The molecule has 0 aliphatic carbocycles. The van der Waals surface area contributed by atoms with Crippen LogP contribution in [0.2, 0.25) is 0 Å². The van der Waals surface area contributed by atoms with E-state index in [1.54, 1.807) is 12.1 Å². The summed E-state index contributed by atoms with van der Waals surface area (Å²) in [4.78, 5) is 14.5. The number of amides is 1. The Hall–Kier alpha value is -2.34. The molecule has 1 unspecified atom stereocenters. The number of nitrogens with one attached hydrogen (secondary N) is 1. The smallest absolute Gasteiger partial charge is 0.228 e. The van der Waals surface area contributed by atoms with Crippen molar-refractivity contribution in [2.75, 3.05) is 18.4 Å². The van der Waals surface area contributed by atoms with Gasteiger partial charge in [0.05, 0.1) is 5.92 Å². The molecule has 0 radical (unpaired) electrons. The molecule has 1 saturated heterocycles. The van der Waals surface area contributed by atoms with Gasteiger partial charge in [-0.15, -0.1) is 0 Å². The molecule has 2 aromatic rings. The first-order valence-corrected chi connectivity index (χ1v) is 8.24. The van der Waals surface area contributed by atoms with Crippen LogP contribution < -0.4 is 5.32 Å². The maximum atomic E-state index is 13.2. The first kappa shape index (κ1) is 17.5. The molecule has 3 rings (SSSR count). The summed E-state index contributed by atoms with van der Waals surface area (Å²) in [6, 6.07) is 9.63. The fraction of sp³-hybridized carbons (Fsp3) is 0.316. The van der Waals surface area contributed by atoms with E-state index in [1.807, 2.05) is 0 Å². The SMILES string of the molecule is O=C(Nc1ccc(F)c(F)c1)C1CCCN(Cc2ccc(F)cc2)C1. The molecule has 25 heavy (non-hydrogen) atoms. The van der Waals surface area contributed by atoms with Crippen molar-refractivity contribution in [3.63, 3.8) is 0 Å². The monoisotopic (exact) mass is 348 g/mol. The number of benzene rings is 2. The van der Waals surface area contributed by atoms with Gasteiger partial charge in [-0.25, -0.2) is 13.2 Å². The predicted molar refractivity (Wildman–Crippen MR) is 89.4 cm³/mol. The number of hydrogen-bond donors (Lipinski definition) is 1. The van der Waals surface area contributed by atoms with Crippen molar-refractivity contribution in [3.05, 3.63) is 65.5 Å². The normalized spacial score (nSPS) is 18.1. The molecular formula is C19H19F3N2O. The highest BCUT2D eigenvalue weighted by Crippen LogP contribution is 2.21. The highest BCUT2D eigenvalue weighted by molar-refractivity contribution is 5.92. The maximum Gasteiger partial charge on any atom is 0.228 e. The van der Waals surface area contributed by atoms with Crippen LogP contribution in [0, 0.1) is 23.4 Å². The first-order valence-electron chi connectivity index (χ1n) is 8.24. The predicted octanol–water partition coefficient (Wildman–Crippen LogP) is 3.95. The molecule has 1 aliphatic heterocycles. The average Bonchev–Trinajstić information content (AvgIpc) is 2.60. The maximum absolute atomic E-state index is 13.2. The third kappa shape index (κ3) is 4.60. The van der Waals surface area contributed by atoms with Gasteiger partial charge in [-0.2, -0.15) is 0 Å². The molecule has 1 fully saturated rings. The third-order valence-corrected chi connectivity index (χ3v) is 4.38. The van der Waals surface area contributed by atoms with Crippen LogP contribution in [0.1, 0.15) is 18.4 Å². The van der Waals surface area contributed by atoms with Crippen molar-refractivity contribution in [3.8, 4) is 0 Å². The topological polar surface area (TPSA) is 32.3 Å². The van der Waals surface area contributed by atoms with Crippen LogP contribution >= 0.6 is 0 Å². The summed E-state index contributed by atoms with van der Waals surface area (Å²) in [7, 11) is 0. The molecule has 0 bridgehead atoms. The van der Waals surface area contributed by atoms with E-state index in [1.165, 1.54) is 18.2 Å². The summed E-state index contributed by atoms with van der Waals surface area (Å²) in [6.07, 6.45) is 1.62. The van der Waals surface area contributed by atoms with Gasteiger partial charge in [0.25, 0.3) is 0 Å². The van der Waals surface area contributed by atoms with Gasteiger partial charge in [0.15, 0.2) is 11.6 Å². The number of halogens is 3. The lowest BCUT2D eigenvalue weighted by Crippen LogP contribution is -2.40. The Morgan fingerprint density at radius 2 is 1.84 bits per heavy atom. The molecule has 6 heteroatoms. The van der Waals surface area contributed by atoms with Gasteiger partial charge in [-0.1, -0.05) is 12.1 Å². The summed E-state index contributed by atoms with van der Waals surface area (Å²) < 4.78 is 39.2. The number of anilines is 1. The number of rotatable bonds is 4. The van der Waals surface area contributed by atoms with Crippen molar-refractivity contribution in [2.45, 2.75) is 19.4 Å². The Morgan fingerprint density at radius 3 is 2.56 bits per heavy atom.